The van der Waals surface area contributed by atoms with Gasteiger partial charge in [0.2, 0.25) is 0 Å². The monoisotopic (exact) mass is 536 g/mol. The number of aliphatic hydroxyl groups is 1. The van der Waals surface area contributed by atoms with Crippen molar-refractivity contribution in [3.8, 4) is 28.8 Å². The van der Waals surface area contributed by atoms with Crippen LogP contribution in [0.2, 0.25) is 0 Å². The van der Waals surface area contributed by atoms with Gasteiger partial charge in [-0.25, -0.2) is 13.8 Å². The molecule has 2 amide bonds. The molecule has 38 heavy (non-hydrogen) atoms. The van der Waals surface area contributed by atoms with Crippen LogP contribution in [-0.2, 0) is 4.79 Å². The fraction of sp³-hybridized carbons (Fsp3) is 0.222. The van der Waals surface area contributed by atoms with E-state index in [-0.39, 0.29) is 23.8 Å². The van der Waals surface area contributed by atoms with Crippen LogP contribution in [0.1, 0.15) is 29.9 Å². The van der Waals surface area contributed by atoms with Crippen LogP contribution in [0.5, 0.6) is 5.75 Å². The number of fused-ring (bicyclic) bond motifs is 2. The van der Waals surface area contributed by atoms with Gasteiger partial charge in [-0.2, -0.15) is 0 Å². The molecular formula is C27H22F2N4O4S. The lowest BCUT2D eigenvalue weighted by Gasteiger charge is -2.20. The van der Waals surface area contributed by atoms with Crippen LogP contribution in [0.25, 0.3) is 16.2 Å². The maximum Gasteiger partial charge on any atom is 0.272 e. The summed E-state index contributed by atoms with van der Waals surface area (Å²) in [7, 11) is 1.58. The molecule has 4 aromatic rings. The van der Waals surface area contributed by atoms with E-state index in [0.717, 1.165) is 12.1 Å². The average molecular weight is 537 g/mol. The van der Waals surface area contributed by atoms with Crippen LogP contribution in [-0.4, -0.2) is 51.6 Å². The summed E-state index contributed by atoms with van der Waals surface area (Å²) >= 11 is 1.19. The van der Waals surface area contributed by atoms with E-state index in [1.807, 2.05) is 0 Å². The minimum absolute atomic E-state index is 0.0296. The molecule has 1 aliphatic rings. The maximum atomic E-state index is 14.3. The molecule has 1 atom stereocenters. The number of nitrogens with zero attached hydrogens (tertiary/aromatic N) is 3. The van der Waals surface area contributed by atoms with E-state index < -0.39 is 29.2 Å². The Morgan fingerprint density at radius 1 is 1.26 bits per heavy atom. The van der Waals surface area contributed by atoms with Gasteiger partial charge < -0.3 is 20.1 Å². The highest BCUT2D eigenvalue weighted by atomic mass is 32.1. The summed E-state index contributed by atoms with van der Waals surface area (Å²) in [6.45, 7) is 3.02. The normalized spacial score (nSPS) is 15.4. The lowest BCUT2D eigenvalue weighted by molar-refractivity contribution is -0.120. The zero-order valence-electron chi connectivity index (χ0n) is 20.6. The number of thiazole rings is 1. The highest BCUT2D eigenvalue weighted by Gasteiger charge is 2.31. The van der Waals surface area contributed by atoms with Gasteiger partial charge in [-0.05, 0) is 44.2 Å². The van der Waals surface area contributed by atoms with E-state index in [1.165, 1.54) is 28.5 Å². The molecule has 2 aromatic carbocycles. The number of nitrogens with one attached hydrogen (secondary N) is 1. The third-order valence-corrected chi connectivity index (χ3v) is 6.66. The van der Waals surface area contributed by atoms with E-state index in [9.17, 15) is 23.5 Å². The van der Waals surface area contributed by atoms with Crippen LogP contribution in [0, 0.1) is 23.5 Å². The Kier molecular flexibility index (Phi) is 6.38. The smallest absolute Gasteiger partial charge is 0.272 e. The number of halogens is 2. The van der Waals surface area contributed by atoms with Crippen LogP contribution in [0.15, 0.2) is 48.0 Å². The van der Waals surface area contributed by atoms with Gasteiger partial charge in [0.05, 0.1) is 11.4 Å². The van der Waals surface area contributed by atoms with Crippen molar-refractivity contribution in [2.75, 3.05) is 18.6 Å². The van der Waals surface area contributed by atoms with Gasteiger partial charge in [0.1, 0.15) is 41.3 Å². The zero-order chi connectivity index (χ0) is 27.2. The van der Waals surface area contributed by atoms with E-state index in [4.69, 9.17) is 4.74 Å². The summed E-state index contributed by atoms with van der Waals surface area (Å²) in [5, 5.41) is 14.2. The number of hydrogen-bond donors (Lipinski definition) is 2. The Morgan fingerprint density at radius 3 is 2.79 bits per heavy atom. The molecule has 1 aliphatic heterocycles. The molecule has 11 heteroatoms. The number of benzene rings is 2. The minimum Gasteiger partial charge on any atom is -0.489 e. The first-order chi connectivity index (χ1) is 18.0. The molecule has 0 aliphatic carbocycles. The Bertz CT molecular complexity index is 1640. The molecule has 194 valence electrons. The van der Waals surface area contributed by atoms with E-state index >= 15 is 0 Å². The largest absolute Gasteiger partial charge is 0.489 e. The molecule has 0 spiro atoms. The SMILES string of the molecule is CN1C(=O)[C@@H](NC(=O)c2cn3c(-c4ccc(F)cc4F)csc3n2)COc2cc(C#CC(C)(C)O)ccc21. The Morgan fingerprint density at radius 2 is 2.05 bits per heavy atom. The molecule has 5 rings (SSSR count). The van der Waals surface area contributed by atoms with Gasteiger partial charge in [-0.3, -0.25) is 14.0 Å². The molecule has 0 saturated heterocycles. The second kappa shape index (κ2) is 9.55. The van der Waals surface area contributed by atoms with Crippen molar-refractivity contribution in [2.45, 2.75) is 25.5 Å². The third kappa shape index (κ3) is 4.96. The minimum atomic E-state index is -1.16. The quantitative estimate of drug-likeness (QED) is 0.390. The van der Waals surface area contributed by atoms with Crippen LogP contribution >= 0.6 is 11.3 Å². The van der Waals surface area contributed by atoms with E-state index in [2.05, 4.69) is 22.1 Å². The summed E-state index contributed by atoms with van der Waals surface area (Å²) in [6.07, 6.45) is 1.44. The topological polar surface area (TPSA) is 96.2 Å². The Balaban J connectivity index is 1.36. The first-order valence-electron chi connectivity index (χ1n) is 11.5. The number of likely N-dealkylation sites (N-methyl/N-ethyl adjacent to an activating group) is 1. The van der Waals surface area contributed by atoms with E-state index in [1.54, 1.807) is 48.9 Å². The molecule has 2 aromatic heterocycles. The summed E-state index contributed by atoms with van der Waals surface area (Å²) in [5.41, 5.74) is 0.560. The first-order valence-corrected chi connectivity index (χ1v) is 12.4. The van der Waals surface area contributed by atoms with Crippen molar-refractivity contribution < 1.29 is 28.2 Å². The number of hydrogen-bond acceptors (Lipinski definition) is 6. The van der Waals surface area contributed by atoms with Gasteiger partial charge in [-0.1, -0.05) is 11.8 Å². The van der Waals surface area contributed by atoms with Crippen LogP contribution in [0.4, 0.5) is 14.5 Å². The van der Waals surface area contributed by atoms with Crippen molar-refractivity contribution in [2.24, 2.45) is 0 Å². The summed E-state index contributed by atoms with van der Waals surface area (Å²) in [4.78, 5) is 32.3. The standard InChI is InChI=1S/C27H22F2N4O4S/c1-27(2,36)9-8-15-4-7-21-23(10-15)37-13-20(25(35)32(21)3)30-24(34)19-12-33-22(14-38-26(33)31-19)17-6-5-16(28)11-18(17)29/h4-7,10-12,14,20,36H,13H2,1-3H3,(H,30,34)/t20-/m0/s1. The number of rotatable bonds is 3. The molecular weight excluding hydrogens is 514 g/mol. The van der Waals surface area contributed by atoms with E-state index in [0.29, 0.717) is 27.7 Å². The lowest BCUT2D eigenvalue weighted by Crippen LogP contribution is -2.49. The van der Waals surface area contributed by atoms with Crippen LogP contribution < -0.4 is 15.0 Å². The molecule has 8 nitrogen and oxygen atoms in total. The summed E-state index contributed by atoms with van der Waals surface area (Å²) in [6, 6.07) is 7.33. The molecule has 2 N–H and O–H groups in total. The van der Waals surface area contributed by atoms with Crippen molar-refractivity contribution in [1.82, 2.24) is 14.7 Å². The first kappa shape index (κ1) is 25.4. The number of ether oxygens (including phenoxy) is 1. The molecule has 0 unspecified atom stereocenters. The van der Waals surface area contributed by atoms with Gasteiger partial charge in [0.15, 0.2) is 4.96 Å². The number of aromatic nitrogens is 2. The molecule has 0 fully saturated rings. The molecule has 0 radical (unpaired) electrons. The zero-order valence-corrected chi connectivity index (χ0v) is 21.4. The molecule has 0 bridgehead atoms. The fourth-order valence-electron chi connectivity index (χ4n) is 3.93. The molecule has 3 heterocycles. The van der Waals surface area contributed by atoms with Gasteiger partial charge in [0, 0.05) is 35.8 Å². The number of amides is 2. The lowest BCUT2D eigenvalue weighted by atomic mass is 10.1. The second-order valence-electron chi connectivity index (χ2n) is 9.25. The van der Waals surface area contributed by atoms with Crippen molar-refractivity contribution >= 4 is 33.8 Å². The number of anilines is 1. The highest BCUT2D eigenvalue weighted by Crippen LogP contribution is 2.32. The van der Waals surface area contributed by atoms with Gasteiger partial charge >= 0.3 is 0 Å². The predicted molar refractivity (Wildman–Crippen MR) is 138 cm³/mol. The predicted octanol–water partition coefficient (Wildman–Crippen LogP) is 3.62. The Hall–Kier alpha value is -4.27. The summed E-state index contributed by atoms with van der Waals surface area (Å²) < 4.78 is 35.1. The molecule has 0 saturated carbocycles. The number of imidazole rings is 1. The third-order valence-electron chi connectivity index (χ3n) is 5.82. The van der Waals surface area contributed by atoms with Crippen molar-refractivity contribution in [3.05, 3.63) is 70.9 Å². The van der Waals surface area contributed by atoms with Crippen LogP contribution in [0.3, 0.4) is 0 Å². The number of carbonyl (C=O) groups is 2. The summed E-state index contributed by atoms with van der Waals surface area (Å²) in [5.74, 6) is 3.60. The second-order valence-corrected chi connectivity index (χ2v) is 10.1. The fourth-order valence-corrected chi connectivity index (χ4v) is 4.80. The Labute approximate surface area is 220 Å². The average Bonchev–Trinajstić information content (AvgIpc) is 3.43. The highest BCUT2D eigenvalue weighted by molar-refractivity contribution is 7.15. The van der Waals surface area contributed by atoms with Crippen molar-refractivity contribution in [3.63, 3.8) is 0 Å². The number of carbonyl (C=O) groups excluding carboxylic acids is 2. The van der Waals surface area contributed by atoms with Crippen molar-refractivity contribution in [1.29, 1.82) is 0 Å². The maximum absolute atomic E-state index is 14.3. The van der Waals surface area contributed by atoms with Gasteiger partial charge in [0.25, 0.3) is 11.8 Å². The van der Waals surface area contributed by atoms with Gasteiger partial charge in [-0.15, -0.1) is 11.3 Å².